The molecule has 0 radical (unpaired) electrons. The van der Waals surface area contributed by atoms with Crippen LogP contribution in [0.2, 0.25) is 0 Å². The Kier molecular flexibility index (Phi) is 4.45. The molecule has 1 aliphatic carbocycles. The lowest BCUT2D eigenvalue weighted by molar-refractivity contribution is 0.228. The first-order valence-corrected chi connectivity index (χ1v) is 7.18. The molecule has 1 aliphatic heterocycles. The van der Waals surface area contributed by atoms with Crippen molar-refractivity contribution < 1.29 is 0 Å². The van der Waals surface area contributed by atoms with Crippen LogP contribution in [-0.4, -0.2) is 62.7 Å². The first kappa shape index (κ1) is 13.3. The number of nitrogens with one attached hydrogen (secondary N) is 1. The van der Waals surface area contributed by atoms with Gasteiger partial charge < -0.3 is 15.1 Å². The van der Waals surface area contributed by atoms with Gasteiger partial charge >= 0.3 is 0 Å². The Bertz CT molecular complexity index is 242. The zero-order valence-electron chi connectivity index (χ0n) is 11.9. The van der Waals surface area contributed by atoms with E-state index in [2.05, 4.69) is 43.2 Å². The molecule has 0 spiro atoms. The van der Waals surface area contributed by atoms with Crippen LogP contribution in [0.4, 0.5) is 0 Å². The van der Waals surface area contributed by atoms with E-state index in [4.69, 9.17) is 0 Å². The maximum absolute atomic E-state index is 3.50. The van der Waals surface area contributed by atoms with Crippen LogP contribution in [0.3, 0.4) is 0 Å². The van der Waals surface area contributed by atoms with E-state index >= 15 is 0 Å². The number of nitrogens with zero attached hydrogens (tertiary/aromatic N) is 2. The van der Waals surface area contributed by atoms with Crippen LogP contribution >= 0.6 is 0 Å². The molecule has 1 N–H and O–H groups in total. The molecule has 1 saturated heterocycles. The normalized spacial score (nSPS) is 39.4. The number of likely N-dealkylation sites (tertiary alicyclic amines) is 1. The number of rotatable bonds is 4. The Hall–Kier alpha value is -0.120. The van der Waals surface area contributed by atoms with Crippen LogP contribution < -0.4 is 5.32 Å². The van der Waals surface area contributed by atoms with E-state index in [-0.39, 0.29) is 0 Å². The summed E-state index contributed by atoms with van der Waals surface area (Å²) in [5.74, 6) is 1.70. The topological polar surface area (TPSA) is 18.5 Å². The van der Waals surface area contributed by atoms with Crippen molar-refractivity contribution in [3.8, 4) is 0 Å². The molecule has 0 amide bonds. The lowest BCUT2D eigenvalue weighted by Crippen LogP contribution is -2.38. The molecule has 17 heavy (non-hydrogen) atoms. The average molecular weight is 239 g/mol. The standard InChI is InChI=1S/C14H29N3/c1-11-8-17(10-14(11)16(3)4)9-12-6-5-7-13(12)15-2/h11-15H,5-10H2,1-4H3. The molecule has 0 aromatic carbocycles. The van der Waals surface area contributed by atoms with Gasteiger partial charge in [-0.3, -0.25) is 0 Å². The van der Waals surface area contributed by atoms with E-state index in [0.29, 0.717) is 0 Å². The Balaban J connectivity index is 1.84. The smallest absolute Gasteiger partial charge is 0.0254 e. The van der Waals surface area contributed by atoms with Crippen molar-refractivity contribution in [3.63, 3.8) is 0 Å². The third-order valence-electron chi connectivity index (χ3n) is 4.83. The molecule has 1 heterocycles. The van der Waals surface area contributed by atoms with Gasteiger partial charge in [0.25, 0.3) is 0 Å². The van der Waals surface area contributed by atoms with Crippen LogP contribution in [-0.2, 0) is 0 Å². The van der Waals surface area contributed by atoms with Crippen LogP contribution in [0.15, 0.2) is 0 Å². The van der Waals surface area contributed by atoms with Crippen molar-refractivity contribution in [2.24, 2.45) is 11.8 Å². The summed E-state index contributed by atoms with van der Waals surface area (Å²) >= 11 is 0. The summed E-state index contributed by atoms with van der Waals surface area (Å²) in [7, 11) is 6.56. The van der Waals surface area contributed by atoms with E-state index in [1.54, 1.807) is 0 Å². The molecule has 2 aliphatic rings. The zero-order chi connectivity index (χ0) is 12.4. The molecule has 4 unspecified atom stereocenters. The summed E-state index contributed by atoms with van der Waals surface area (Å²) in [5, 5.41) is 3.50. The lowest BCUT2D eigenvalue weighted by atomic mass is 10.0. The van der Waals surface area contributed by atoms with Crippen molar-refractivity contribution in [3.05, 3.63) is 0 Å². The highest BCUT2D eigenvalue weighted by atomic mass is 15.2. The van der Waals surface area contributed by atoms with Gasteiger partial charge in [0.2, 0.25) is 0 Å². The maximum atomic E-state index is 3.50. The quantitative estimate of drug-likeness (QED) is 0.797. The van der Waals surface area contributed by atoms with Gasteiger partial charge in [0.05, 0.1) is 0 Å². The van der Waals surface area contributed by atoms with E-state index in [0.717, 1.165) is 23.9 Å². The third-order valence-corrected chi connectivity index (χ3v) is 4.83. The monoisotopic (exact) mass is 239 g/mol. The fourth-order valence-electron chi connectivity index (χ4n) is 3.84. The Morgan fingerprint density at radius 2 is 2.00 bits per heavy atom. The van der Waals surface area contributed by atoms with E-state index in [1.165, 1.54) is 38.9 Å². The highest BCUT2D eigenvalue weighted by molar-refractivity contribution is 4.90. The van der Waals surface area contributed by atoms with Crippen molar-refractivity contribution in [2.75, 3.05) is 40.8 Å². The second kappa shape index (κ2) is 5.68. The van der Waals surface area contributed by atoms with Gasteiger partial charge in [-0.25, -0.2) is 0 Å². The molecule has 0 aromatic heterocycles. The molecule has 2 fully saturated rings. The second-order valence-electron chi connectivity index (χ2n) is 6.31. The molecule has 3 heteroatoms. The molecule has 4 atom stereocenters. The third kappa shape index (κ3) is 3.01. The molecular formula is C14H29N3. The van der Waals surface area contributed by atoms with Gasteiger partial charge in [0.1, 0.15) is 0 Å². The van der Waals surface area contributed by atoms with Crippen LogP contribution in [0.25, 0.3) is 0 Å². The molecule has 100 valence electrons. The predicted molar refractivity (Wildman–Crippen MR) is 73.3 cm³/mol. The first-order chi connectivity index (χ1) is 8.11. The largest absolute Gasteiger partial charge is 0.317 e. The summed E-state index contributed by atoms with van der Waals surface area (Å²) < 4.78 is 0. The summed E-state index contributed by atoms with van der Waals surface area (Å²) in [6, 6.07) is 1.52. The minimum Gasteiger partial charge on any atom is -0.317 e. The summed E-state index contributed by atoms with van der Waals surface area (Å²) in [5.41, 5.74) is 0. The predicted octanol–water partition coefficient (Wildman–Crippen LogP) is 1.26. The van der Waals surface area contributed by atoms with Crippen LogP contribution in [0, 0.1) is 11.8 Å². The number of hydrogen-bond acceptors (Lipinski definition) is 3. The second-order valence-corrected chi connectivity index (χ2v) is 6.31. The fraction of sp³-hybridized carbons (Fsp3) is 1.00. The minimum absolute atomic E-state index is 0.754. The number of hydrogen-bond donors (Lipinski definition) is 1. The van der Waals surface area contributed by atoms with Gasteiger partial charge in [-0.2, -0.15) is 0 Å². The van der Waals surface area contributed by atoms with Crippen molar-refractivity contribution in [2.45, 2.75) is 38.3 Å². The highest BCUT2D eigenvalue weighted by Gasteiger charge is 2.34. The van der Waals surface area contributed by atoms with Gasteiger partial charge in [-0.15, -0.1) is 0 Å². The molecular weight excluding hydrogens is 210 g/mol. The molecule has 1 saturated carbocycles. The summed E-state index contributed by atoms with van der Waals surface area (Å²) in [6.07, 6.45) is 4.21. The van der Waals surface area contributed by atoms with Crippen LogP contribution in [0.5, 0.6) is 0 Å². The number of likely N-dealkylation sites (N-methyl/N-ethyl adjacent to an activating group) is 1. The lowest BCUT2D eigenvalue weighted by Gasteiger charge is -2.26. The fourth-order valence-corrected chi connectivity index (χ4v) is 3.84. The van der Waals surface area contributed by atoms with E-state index < -0.39 is 0 Å². The SMILES string of the molecule is CNC1CCCC1CN1CC(C)C(N(C)C)C1. The molecule has 0 aromatic rings. The molecule has 0 bridgehead atoms. The van der Waals surface area contributed by atoms with E-state index in [1.807, 2.05) is 0 Å². The van der Waals surface area contributed by atoms with Crippen LogP contribution in [0.1, 0.15) is 26.2 Å². The van der Waals surface area contributed by atoms with Crippen molar-refractivity contribution in [1.29, 1.82) is 0 Å². The minimum atomic E-state index is 0.754. The van der Waals surface area contributed by atoms with Gasteiger partial charge in [0, 0.05) is 31.7 Å². The van der Waals surface area contributed by atoms with Gasteiger partial charge in [-0.05, 0) is 45.8 Å². The van der Waals surface area contributed by atoms with E-state index in [9.17, 15) is 0 Å². The summed E-state index contributed by atoms with van der Waals surface area (Å²) in [4.78, 5) is 5.09. The molecule has 2 rings (SSSR count). The van der Waals surface area contributed by atoms with Gasteiger partial charge in [-0.1, -0.05) is 13.3 Å². The van der Waals surface area contributed by atoms with Crippen molar-refractivity contribution >= 4 is 0 Å². The Morgan fingerprint density at radius 1 is 1.24 bits per heavy atom. The van der Waals surface area contributed by atoms with Crippen molar-refractivity contribution in [1.82, 2.24) is 15.1 Å². The Morgan fingerprint density at radius 3 is 2.59 bits per heavy atom. The summed E-state index contributed by atoms with van der Waals surface area (Å²) in [6.45, 7) is 6.26. The highest BCUT2D eigenvalue weighted by Crippen LogP contribution is 2.29. The average Bonchev–Trinajstić information content (AvgIpc) is 2.85. The first-order valence-electron chi connectivity index (χ1n) is 7.18. The maximum Gasteiger partial charge on any atom is 0.0254 e. The van der Waals surface area contributed by atoms with Gasteiger partial charge in [0.15, 0.2) is 0 Å². The zero-order valence-corrected chi connectivity index (χ0v) is 11.9. The molecule has 3 nitrogen and oxygen atoms in total. The Labute approximate surface area is 107 Å².